The number of nitrogens with zero attached hydrogens (tertiary/aromatic N) is 1. The van der Waals surface area contributed by atoms with Gasteiger partial charge in [-0.3, -0.25) is 10.1 Å². The highest BCUT2D eigenvalue weighted by atomic mass is 32.2. The van der Waals surface area contributed by atoms with Gasteiger partial charge in [0.1, 0.15) is 17.2 Å². The van der Waals surface area contributed by atoms with E-state index in [4.69, 9.17) is 9.26 Å². The van der Waals surface area contributed by atoms with E-state index in [-0.39, 0.29) is 0 Å². The third-order valence-electron chi connectivity index (χ3n) is 5.79. The quantitative estimate of drug-likeness (QED) is 0.327. The smallest absolute Gasteiger partial charge is 0.412 e. The van der Waals surface area contributed by atoms with Crippen LogP contribution < -0.4 is 5.32 Å². The van der Waals surface area contributed by atoms with Gasteiger partial charge in [0.25, 0.3) is 0 Å². The molecule has 1 fully saturated rings. The first kappa shape index (κ1) is 22.2. The first-order chi connectivity index (χ1) is 16.4. The molecular formula is C25H20N2O5S2. The van der Waals surface area contributed by atoms with Crippen molar-refractivity contribution in [3.8, 4) is 11.8 Å². The molecule has 9 heteroatoms. The number of hydrogen-bond donors (Lipinski definition) is 2. The second-order valence-corrected chi connectivity index (χ2v) is 10.5. The number of amides is 1. The number of carbonyl (C=O) groups is 2. The zero-order chi connectivity index (χ0) is 23.9. The van der Waals surface area contributed by atoms with E-state index in [1.54, 1.807) is 13.8 Å². The fourth-order valence-electron chi connectivity index (χ4n) is 3.64. The monoisotopic (exact) mass is 492 g/mol. The van der Waals surface area contributed by atoms with Gasteiger partial charge in [0.2, 0.25) is 0 Å². The summed E-state index contributed by atoms with van der Waals surface area (Å²) >= 11 is 3.03. The molecule has 5 rings (SSSR count). The van der Waals surface area contributed by atoms with Crippen LogP contribution in [-0.4, -0.2) is 22.3 Å². The Morgan fingerprint density at radius 3 is 2.65 bits per heavy atom. The molecule has 0 aliphatic heterocycles. The molecule has 172 valence electrons. The lowest BCUT2D eigenvalue weighted by Gasteiger charge is -2.13. The SMILES string of the molecule is Cc1onc(C#Cc2cc3cc(C4(C(=O)O)CC4)sc3s2)c1NC(=O)OC(C)c1ccccc1. The number of carbonyl (C=O) groups excluding carboxylic acids is 1. The van der Waals surface area contributed by atoms with Crippen LogP contribution in [-0.2, 0) is 14.9 Å². The maximum absolute atomic E-state index is 12.4. The summed E-state index contributed by atoms with van der Waals surface area (Å²) in [5, 5.41) is 17.2. The predicted octanol–water partition coefficient (Wildman–Crippen LogP) is 6.08. The molecule has 34 heavy (non-hydrogen) atoms. The fourth-order valence-corrected chi connectivity index (χ4v) is 6.17. The van der Waals surface area contributed by atoms with Gasteiger partial charge >= 0.3 is 12.1 Å². The third-order valence-corrected chi connectivity index (χ3v) is 8.30. The fraction of sp³-hybridized carbons (Fsp3) is 0.240. The lowest BCUT2D eigenvalue weighted by atomic mass is 10.1. The molecule has 1 aliphatic carbocycles. The van der Waals surface area contributed by atoms with Gasteiger partial charge in [-0.1, -0.05) is 35.5 Å². The Balaban J connectivity index is 1.30. The number of aromatic nitrogens is 1. The number of rotatable bonds is 5. The summed E-state index contributed by atoms with van der Waals surface area (Å²) in [6.45, 7) is 3.48. The first-order valence-electron chi connectivity index (χ1n) is 10.6. The van der Waals surface area contributed by atoms with Gasteiger partial charge in [0, 0.05) is 10.3 Å². The molecule has 0 bridgehead atoms. The number of aryl methyl sites for hydroxylation is 1. The van der Waals surface area contributed by atoms with E-state index in [0.29, 0.717) is 30.0 Å². The Morgan fingerprint density at radius 2 is 1.97 bits per heavy atom. The van der Waals surface area contributed by atoms with Crippen molar-refractivity contribution in [3.05, 3.63) is 69.2 Å². The summed E-state index contributed by atoms with van der Waals surface area (Å²) in [4.78, 5) is 25.7. The number of hydrogen-bond acceptors (Lipinski definition) is 7. The van der Waals surface area contributed by atoms with Crippen LogP contribution in [0, 0.1) is 18.8 Å². The summed E-state index contributed by atoms with van der Waals surface area (Å²) in [5.41, 5.74) is 0.870. The minimum atomic E-state index is -0.750. The normalized spacial score (nSPS) is 14.8. The largest absolute Gasteiger partial charge is 0.481 e. The lowest BCUT2D eigenvalue weighted by molar-refractivity contribution is -0.139. The Morgan fingerprint density at radius 1 is 1.21 bits per heavy atom. The van der Waals surface area contributed by atoms with Crippen LogP contribution in [0.15, 0.2) is 47.0 Å². The van der Waals surface area contributed by atoms with Crippen LogP contribution in [0.25, 0.3) is 9.40 Å². The highest BCUT2D eigenvalue weighted by Crippen LogP contribution is 2.52. The second kappa shape index (κ2) is 8.63. The molecule has 1 unspecified atom stereocenters. The van der Waals surface area contributed by atoms with Crippen molar-refractivity contribution in [2.45, 2.75) is 38.2 Å². The zero-order valence-electron chi connectivity index (χ0n) is 18.4. The van der Waals surface area contributed by atoms with Gasteiger partial charge in [-0.05, 0) is 56.2 Å². The second-order valence-electron chi connectivity index (χ2n) is 8.15. The number of benzene rings is 1. The molecule has 2 N–H and O–H groups in total. The van der Waals surface area contributed by atoms with Crippen molar-refractivity contribution in [1.82, 2.24) is 5.16 Å². The van der Waals surface area contributed by atoms with Gasteiger partial charge in [0.15, 0.2) is 11.5 Å². The zero-order valence-corrected chi connectivity index (χ0v) is 20.0. The van der Waals surface area contributed by atoms with Crippen LogP contribution in [0.3, 0.4) is 0 Å². The highest BCUT2D eigenvalue weighted by Gasteiger charge is 2.53. The van der Waals surface area contributed by atoms with E-state index < -0.39 is 23.6 Å². The maximum Gasteiger partial charge on any atom is 0.412 e. The van der Waals surface area contributed by atoms with Crippen molar-refractivity contribution in [2.75, 3.05) is 5.32 Å². The van der Waals surface area contributed by atoms with Crippen LogP contribution in [0.4, 0.5) is 10.5 Å². The number of fused-ring (bicyclic) bond motifs is 1. The summed E-state index contributed by atoms with van der Waals surface area (Å²) in [5.74, 6) is 5.71. The number of carboxylic acid groups (broad SMARTS) is 1. The molecule has 3 heterocycles. The van der Waals surface area contributed by atoms with Crippen LogP contribution in [0.1, 0.15) is 52.6 Å². The van der Waals surface area contributed by atoms with Crippen molar-refractivity contribution in [1.29, 1.82) is 0 Å². The highest BCUT2D eigenvalue weighted by molar-refractivity contribution is 7.38. The molecule has 1 saturated carbocycles. The Kier molecular flexibility index (Phi) is 5.63. The number of nitrogens with one attached hydrogen (secondary N) is 1. The lowest BCUT2D eigenvalue weighted by Crippen LogP contribution is -2.17. The standard InChI is InChI=1S/C25H20N2O5S2/c1-14(16-6-4-3-5-7-16)31-24(30)26-21-15(2)32-27-19(21)9-8-18-12-17-13-20(34-22(17)33-18)25(10-11-25)23(28)29/h3-7,12-14H,10-11H2,1-2H3,(H,26,30)(H,28,29). The predicted molar refractivity (Wildman–Crippen MR) is 130 cm³/mol. The molecule has 0 saturated heterocycles. The number of anilines is 1. The number of ether oxygens (including phenoxy) is 1. The van der Waals surface area contributed by atoms with Gasteiger partial charge in [0.05, 0.1) is 8.89 Å². The number of aliphatic carboxylic acids is 1. The van der Waals surface area contributed by atoms with Crippen molar-refractivity contribution < 1.29 is 24.0 Å². The van der Waals surface area contributed by atoms with Gasteiger partial charge in [-0.25, -0.2) is 4.79 Å². The average molecular weight is 493 g/mol. The van der Waals surface area contributed by atoms with E-state index in [1.165, 1.54) is 22.7 Å². The van der Waals surface area contributed by atoms with E-state index in [9.17, 15) is 14.7 Å². The molecule has 1 atom stereocenters. The maximum atomic E-state index is 12.4. The topological polar surface area (TPSA) is 102 Å². The molecular weight excluding hydrogens is 472 g/mol. The van der Waals surface area contributed by atoms with Crippen molar-refractivity contribution >= 4 is 49.8 Å². The summed E-state index contributed by atoms with van der Waals surface area (Å²) in [6, 6.07) is 13.4. The Hall–Kier alpha value is -3.61. The Labute approximate surface area is 203 Å². The Bertz CT molecular complexity index is 1420. The summed E-state index contributed by atoms with van der Waals surface area (Å²) in [6.07, 6.45) is 0.339. The van der Waals surface area contributed by atoms with Crippen LogP contribution in [0.2, 0.25) is 0 Å². The third kappa shape index (κ3) is 4.18. The van der Waals surface area contributed by atoms with E-state index in [1.807, 2.05) is 42.5 Å². The van der Waals surface area contributed by atoms with E-state index >= 15 is 0 Å². The van der Waals surface area contributed by atoms with Gasteiger partial charge in [-0.2, -0.15) is 0 Å². The van der Waals surface area contributed by atoms with E-state index in [0.717, 1.165) is 24.7 Å². The minimum Gasteiger partial charge on any atom is -0.481 e. The molecule has 7 nitrogen and oxygen atoms in total. The molecule has 3 aromatic heterocycles. The van der Waals surface area contributed by atoms with Gasteiger partial charge < -0.3 is 14.4 Å². The molecule has 0 spiro atoms. The molecule has 4 aromatic rings. The molecule has 1 amide bonds. The first-order valence-corrected chi connectivity index (χ1v) is 12.3. The van der Waals surface area contributed by atoms with Crippen molar-refractivity contribution in [2.24, 2.45) is 0 Å². The number of thiophene rings is 2. The van der Waals surface area contributed by atoms with Crippen molar-refractivity contribution in [3.63, 3.8) is 0 Å². The molecule has 1 aliphatic rings. The van der Waals surface area contributed by atoms with Crippen LogP contribution in [0.5, 0.6) is 0 Å². The van der Waals surface area contributed by atoms with Gasteiger partial charge in [-0.15, -0.1) is 22.7 Å². The number of carboxylic acids is 1. The molecule has 1 aromatic carbocycles. The summed E-state index contributed by atoms with van der Waals surface area (Å²) in [7, 11) is 0. The average Bonchev–Trinajstić information content (AvgIpc) is 3.26. The minimum absolute atomic E-state index is 0.307. The van der Waals surface area contributed by atoms with Crippen LogP contribution >= 0.6 is 22.7 Å². The summed E-state index contributed by atoms with van der Waals surface area (Å²) < 4.78 is 11.7. The van der Waals surface area contributed by atoms with E-state index in [2.05, 4.69) is 22.3 Å². The molecule has 0 radical (unpaired) electrons.